The minimum atomic E-state index is -0.146. The van der Waals surface area contributed by atoms with Crippen molar-refractivity contribution in [2.75, 3.05) is 11.5 Å². The summed E-state index contributed by atoms with van der Waals surface area (Å²) in [5.74, 6) is 4.17. The van der Waals surface area contributed by atoms with Crippen LogP contribution in [-0.2, 0) is 0 Å². The molecule has 4 nitrogen and oxygen atoms in total. The molecule has 0 aromatic carbocycles. The maximum atomic E-state index is 6.15. The molecular weight excluding hydrogens is 278 g/mol. The average molecular weight is 301 g/mol. The highest BCUT2D eigenvalue weighted by atomic mass is 32.2. The van der Waals surface area contributed by atoms with Gasteiger partial charge in [-0.25, -0.2) is 0 Å². The Morgan fingerprint density at radius 3 is 2.79 bits per heavy atom. The standard InChI is InChI=1S/C13H23N3OS2/c1-4-8(3)10(14)13-15-12(16-17-13)11-9(5-2)18-6-7-19-11/h8-11H,4-7,14H2,1-3H3/t8?,9?,10-,11?/m0/s1. The van der Waals surface area contributed by atoms with Gasteiger partial charge in [-0.3, -0.25) is 0 Å². The second-order valence-electron chi connectivity index (χ2n) is 5.01. The highest BCUT2D eigenvalue weighted by molar-refractivity contribution is 8.06. The average Bonchev–Trinajstić information content (AvgIpc) is 2.95. The van der Waals surface area contributed by atoms with Crippen molar-refractivity contribution in [2.24, 2.45) is 11.7 Å². The van der Waals surface area contributed by atoms with Gasteiger partial charge in [0.15, 0.2) is 5.82 Å². The van der Waals surface area contributed by atoms with E-state index in [2.05, 4.69) is 30.9 Å². The van der Waals surface area contributed by atoms with E-state index in [1.807, 2.05) is 23.5 Å². The molecular formula is C13H23N3OS2. The van der Waals surface area contributed by atoms with Crippen molar-refractivity contribution in [2.45, 2.75) is 50.2 Å². The van der Waals surface area contributed by atoms with Crippen LogP contribution >= 0.6 is 23.5 Å². The minimum Gasteiger partial charge on any atom is -0.338 e. The molecule has 1 aliphatic heterocycles. The first-order chi connectivity index (χ1) is 9.17. The molecule has 1 aromatic heterocycles. The van der Waals surface area contributed by atoms with Crippen molar-refractivity contribution in [1.29, 1.82) is 0 Å². The van der Waals surface area contributed by atoms with Crippen LogP contribution in [0.4, 0.5) is 0 Å². The molecule has 0 aliphatic carbocycles. The van der Waals surface area contributed by atoms with E-state index < -0.39 is 0 Å². The van der Waals surface area contributed by atoms with Crippen LogP contribution in [0.3, 0.4) is 0 Å². The van der Waals surface area contributed by atoms with Crippen molar-refractivity contribution in [3.63, 3.8) is 0 Å². The van der Waals surface area contributed by atoms with Gasteiger partial charge >= 0.3 is 0 Å². The Hall–Kier alpha value is -0.200. The van der Waals surface area contributed by atoms with Crippen LogP contribution in [0.5, 0.6) is 0 Å². The van der Waals surface area contributed by atoms with E-state index in [0.29, 0.717) is 22.3 Å². The minimum absolute atomic E-state index is 0.146. The molecule has 1 fully saturated rings. The summed E-state index contributed by atoms with van der Waals surface area (Å²) < 4.78 is 5.39. The van der Waals surface area contributed by atoms with E-state index in [0.717, 1.165) is 24.4 Å². The van der Waals surface area contributed by atoms with Gasteiger partial charge in [-0.2, -0.15) is 16.7 Å². The molecule has 0 radical (unpaired) electrons. The molecule has 1 saturated heterocycles. The lowest BCUT2D eigenvalue weighted by molar-refractivity contribution is 0.310. The second kappa shape index (κ2) is 6.99. The van der Waals surface area contributed by atoms with Gasteiger partial charge in [-0.05, 0) is 12.3 Å². The zero-order valence-electron chi connectivity index (χ0n) is 11.8. The van der Waals surface area contributed by atoms with E-state index >= 15 is 0 Å². The Morgan fingerprint density at radius 2 is 2.11 bits per heavy atom. The Morgan fingerprint density at radius 1 is 1.37 bits per heavy atom. The molecule has 0 amide bonds. The zero-order chi connectivity index (χ0) is 13.8. The molecule has 3 unspecified atom stereocenters. The van der Waals surface area contributed by atoms with Gasteiger partial charge in [0, 0.05) is 16.8 Å². The van der Waals surface area contributed by atoms with Gasteiger partial charge in [0.25, 0.3) is 0 Å². The summed E-state index contributed by atoms with van der Waals surface area (Å²) in [6.07, 6.45) is 2.16. The van der Waals surface area contributed by atoms with Crippen molar-refractivity contribution in [3.8, 4) is 0 Å². The number of hydrogen-bond donors (Lipinski definition) is 1. The third kappa shape index (κ3) is 3.47. The van der Waals surface area contributed by atoms with Crippen LogP contribution in [0.2, 0.25) is 0 Å². The predicted molar refractivity (Wildman–Crippen MR) is 82.4 cm³/mol. The van der Waals surface area contributed by atoms with Crippen LogP contribution in [0, 0.1) is 5.92 Å². The topological polar surface area (TPSA) is 64.9 Å². The summed E-state index contributed by atoms with van der Waals surface area (Å²) in [5.41, 5.74) is 6.15. The molecule has 108 valence electrons. The Kier molecular flexibility index (Phi) is 5.59. The normalized spacial score (nSPS) is 27.2. The van der Waals surface area contributed by atoms with E-state index in [1.54, 1.807) is 0 Å². The van der Waals surface area contributed by atoms with Gasteiger partial charge in [0.05, 0.1) is 11.3 Å². The largest absolute Gasteiger partial charge is 0.338 e. The number of nitrogens with two attached hydrogens (primary N) is 1. The second-order valence-corrected chi connectivity index (χ2v) is 7.61. The van der Waals surface area contributed by atoms with Crippen molar-refractivity contribution in [3.05, 3.63) is 11.7 Å². The highest BCUT2D eigenvalue weighted by Gasteiger charge is 2.31. The van der Waals surface area contributed by atoms with Crippen molar-refractivity contribution >= 4 is 23.5 Å². The van der Waals surface area contributed by atoms with Gasteiger partial charge in [0.1, 0.15) is 0 Å². The molecule has 2 N–H and O–H groups in total. The summed E-state index contributed by atoms with van der Waals surface area (Å²) >= 11 is 3.96. The predicted octanol–water partition coefficient (Wildman–Crippen LogP) is 3.42. The quantitative estimate of drug-likeness (QED) is 0.899. The number of hydrogen-bond acceptors (Lipinski definition) is 6. The first-order valence-electron chi connectivity index (χ1n) is 6.99. The fraction of sp³-hybridized carbons (Fsp3) is 0.846. The molecule has 2 rings (SSSR count). The molecule has 6 heteroatoms. The zero-order valence-corrected chi connectivity index (χ0v) is 13.5. The maximum Gasteiger partial charge on any atom is 0.243 e. The third-order valence-corrected chi connectivity index (χ3v) is 6.95. The van der Waals surface area contributed by atoms with Crippen LogP contribution in [0.25, 0.3) is 0 Å². The monoisotopic (exact) mass is 301 g/mol. The molecule has 0 bridgehead atoms. The van der Waals surface area contributed by atoms with Crippen molar-refractivity contribution < 1.29 is 4.52 Å². The number of nitrogens with zero attached hydrogens (tertiary/aromatic N) is 2. The molecule has 1 aromatic rings. The summed E-state index contributed by atoms with van der Waals surface area (Å²) in [5, 5.41) is 5.11. The summed E-state index contributed by atoms with van der Waals surface area (Å²) in [4.78, 5) is 4.56. The van der Waals surface area contributed by atoms with E-state index in [1.165, 1.54) is 5.75 Å². The lowest BCUT2D eigenvalue weighted by atomic mass is 10.0. The number of thioether (sulfide) groups is 2. The smallest absolute Gasteiger partial charge is 0.243 e. The first-order valence-corrected chi connectivity index (χ1v) is 9.09. The fourth-order valence-corrected chi connectivity index (χ4v) is 5.12. The molecule has 2 heterocycles. The Labute approximate surface area is 123 Å². The highest BCUT2D eigenvalue weighted by Crippen LogP contribution is 2.43. The van der Waals surface area contributed by atoms with Gasteiger partial charge in [0.2, 0.25) is 5.89 Å². The summed E-state index contributed by atoms with van der Waals surface area (Å²) in [6, 6.07) is -0.146. The molecule has 0 spiro atoms. The van der Waals surface area contributed by atoms with E-state index in [-0.39, 0.29) is 6.04 Å². The fourth-order valence-electron chi connectivity index (χ4n) is 2.14. The van der Waals surface area contributed by atoms with Crippen molar-refractivity contribution in [1.82, 2.24) is 10.1 Å². The SMILES string of the molecule is CCC1SCCSC1c1noc([C@@H](N)C(C)CC)n1. The lowest BCUT2D eigenvalue weighted by Crippen LogP contribution is -2.21. The van der Waals surface area contributed by atoms with Gasteiger partial charge < -0.3 is 10.3 Å². The number of rotatable bonds is 5. The van der Waals surface area contributed by atoms with E-state index in [4.69, 9.17) is 10.3 Å². The first kappa shape index (κ1) is 15.2. The Balaban J connectivity index is 2.11. The molecule has 4 atom stereocenters. The van der Waals surface area contributed by atoms with Gasteiger partial charge in [-0.15, -0.1) is 11.8 Å². The summed E-state index contributed by atoms with van der Waals surface area (Å²) in [6.45, 7) is 6.47. The molecule has 19 heavy (non-hydrogen) atoms. The molecule has 1 aliphatic rings. The van der Waals surface area contributed by atoms with Crippen LogP contribution < -0.4 is 5.73 Å². The number of aromatic nitrogens is 2. The van der Waals surface area contributed by atoms with Gasteiger partial charge in [-0.1, -0.05) is 32.3 Å². The lowest BCUT2D eigenvalue weighted by Gasteiger charge is -2.27. The van der Waals surface area contributed by atoms with Crippen LogP contribution in [-0.4, -0.2) is 26.9 Å². The maximum absolute atomic E-state index is 6.15. The Bertz CT molecular complexity index is 399. The third-order valence-electron chi connectivity index (χ3n) is 3.71. The van der Waals surface area contributed by atoms with Crippen LogP contribution in [0.15, 0.2) is 4.52 Å². The van der Waals surface area contributed by atoms with Crippen LogP contribution in [0.1, 0.15) is 56.6 Å². The van der Waals surface area contributed by atoms with E-state index in [9.17, 15) is 0 Å². The molecule has 0 saturated carbocycles. The summed E-state index contributed by atoms with van der Waals surface area (Å²) in [7, 11) is 0.